The topological polar surface area (TPSA) is 82.7 Å². The maximum atomic E-state index is 12.7. The lowest BCUT2D eigenvalue weighted by Crippen LogP contribution is -2.39. The van der Waals surface area contributed by atoms with Gasteiger partial charge in [0.15, 0.2) is 0 Å². The van der Waals surface area contributed by atoms with Crippen LogP contribution in [0.4, 0.5) is 0 Å². The monoisotopic (exact) mass is 357 g/mol. The summed E-state index contributed by atoms with van der Waals surface area (Å²) in [4.78, 5) is 12.7. The molecule has 1 saturated heterocycles. The summed E-state index contributed by atoms with van der Waals surface area (Å²) in [6.45, 7) is 1.22. The van der Waals surface area contributed by atoms with E-state index in [1.807, 2.05) is 59.3 Å². The predicted octanol–water partition coefficient (Wildman–Crippen LogP) is 2.38. The maximum absolute atomic E-state index is 12.7. The molecule has 1 aliphatic rings. The third-order valence-electron chi connectivity index (χ3n) is 4.76. The molecule has 2 aromatic carbocycles. The molecule has 0 radical (unpaired) electrons. The van der Waals surface area contributed by atoms with Gasteiger partial charge in [0.25, 0.3) is 5.91 Å². The Morgan fingerprint density at radius 2 is 2.00 bits per heavy atom. The normalized spacial score (nSPS) is 18.8. The van der Waals surface area contributed by atoms with E-state index in [1.165, 1.54) is 0 Å². The van der Waals surface area contributed by atoms with Gasteiger partial charge in [-0.15, -0.1) is 0 Å². The average molecular weight is 357 g/mol. The molecule has 1 aromatic heterocycles. The van der Waals surface area contributed by atoms with Crippen LogP contribution in [-0.2, 0) is 0 Å². The van der Waals surface area contributed by atoms with E-state index in [9.17, 15) is 10.1 Å². The minimum Gasteiger partial charge on any atom is -0.347 e. The summed E-state index contributed by atoms with van der Waals surface area (Å²) in [5, 5.41) is 19.7. The lowest BCUT2D eigenvalue weighted by molar-refractivity contribution is 0.0935. The van der Waals surface area contributed by atoms with Crippen molar-refractivity contribution in [2.24, 2.45) is 5.92 Å². The van der Waals surface area contributed by atoms with Gasteiger partial charge in [-0.25, -0.2) is 4.68 Å². The highest BCUT2D eigenvalue weighted by Gasteiger charge is 2.28. The standard InChI is InChI=1S/C21H19N5O/c22-12-17-13-23-14-19(17)25-21(27)16-7-4-8-18(11-16)26-20(9-10-24-26)15-5-2-1-3-6-15/h1-11,17,19,23H,13-14H2,(H,25,27). The lowest BCUT2D eigenvalue weighted by atomic mass is 10.1. The van der Waals surface area contributed by atoms with Crippen molar-refractivity contribution in [1.29, 1.82) is 5.26 Å². The molecule has 2 unspecified atom stereocenters. The second-order valence-electron chi connectivity index (χ2n) is 6.52. The van der Waals surface area contributed by atoms with E-state index in [1.54, 1.807) is 12.3 Å². The largest absolute Gasteiger partial charge is 0.347 e. The van der Waals surface area contributed by atoms with Crippen molar-refractivity contribution in [1.82, 2.24) is 20.4 Å². The molecule has 0 spiro atoms. The smallest absolute Gasteiger partial charge is 0.251 e. The summed E-state index contributed by atoms with van der Waals surface area (Å²) < 4.78 is 1.82. The van der Waals surface area contributed by atoms with Crippen LogP contribution >= 0.6 is 0 Å². The molecule has 0 saturated carbocycles. The Kier molecular flexibility index (Phi) is 4.69. The van der Waals surface area contributed by atoms with Gasteiger partial charge in [0.1, 0.15) is 0 Å². The Hall–Kier alpha value is -3.43. The first kappa shape index (κ1) is 17.0. The molecule has 0 aliphatic carbocycles. The zero-order valence-electron chi connectivity index (χ0n) is 14.7. The van der Waals surface area contributed by atoms with Gasteiger partial charge in [-0.05, 0) is 24.3 Å². The van der Waals surface area contributed by atoms with Crippen molar-refractivity contribution in [2.45, 2.75) is 6.04 Å². The fourth-order valence-corrected chi connectivity index (χ4v) is 3.33. The molecule has 6 nitrogen and oxygen atoms in total. The molecule has 2 heterocycles. The number of benzene rings is 2. The first-order valence-electron chi connectivity index (χ1n) is 8.87. The van der Waals surface area contributed by atoms with E-state index >= 15 is 0 Å². The second-order valence-corrected chi connectivity index (χ2v) is 6.52. The number of aromatic nitrogens is 2. The van der Waals surface area contributed by atoms with Crippen molar-refractivity contribution >= 4 is 5.91 Å². The first-order valence-corrected chi connectivity index (χ1v) is 8.87. The molecular formula is C21H19N5O. The van der Waals surface area contributed by atoms with Crippen LogP contribution in [-0.4, -0.2) is 34.8 Å². The van der Waals surface area contributed by atoms with Gasteiger partial charge in [0, 0.05) is 24.2 Å². The van der Waals surface area contributed by atoms with Gasteiger partial charge in [0.05, 0.1) is 35.6 Å². The molecule has 6 heteroatoms. The minimum absolute atomic E-state index is 0.171. The minimum atomic E-state index is -0.201. The number of nitrogens with one attached hydrogen (secondary N) is 2. The molecule has 134 valence electrons. The van der Waals surface area contributed by atoms with Crippen LogP contribution in [0.5, 0.6) is 0 Å². The van der Waals surface area contributed by atoms with Crippen molar-refractivity contribution in [3.05, 3.63) is 72.4 Å². The second kappa shape index (κ2) is 7.44. The summed E-state index contributed by atoms with van der Waals surface area (Å²) in [7, 11) is 0. The molecule has 2 N–H and O–H groups in total. The van der Waals surface area contributed by atoms with E-state index in [0.29, 0.717) is 18.7 Å². The number of carbonyl (C=O) groups excluding carboxylic acids is 1. The van der Waals surface area contributed by atoms with E-state index in [-0.39, 0.29) is 17.9 Å². The van der Waals surface area contributed by atoms with Gasteiger partial charge in [-0.2, -0.15) is 10.4 Å². The molecular weight excluding hydrogens is 338 g/mol. The van der Waals surface area contributed by atoms with Crippen molar-refractivity contribution < 1.29 is 4.79 Å². The summed E-state index contributed by atoms with van der Waals surface area (Å²) in [6, 6.07) is 21.4. The van der Waals surface area contributed by atoms with E-state index in [0.717, 1.165) is 16.9 Å². The van der Waals surface area contributed by atoms with Crippen molar-refractivity contribution in [3.8, 4) is 23.0 Å². The fraction of sp³-hybridized carbons (Fsp3) is 0.190. The Bertz CT molecular complexity index is 989. The first-order chi connectivity index (χ1) is 13.3. The number of nitrogens with zero attached hydrogens (tertiary/aromatic N) is 3. The van der Waals surface area contributed by atoms with Crippen LogP contribution in [0.25, 0.3) is 16.9 Å². The SMILES string of the molecule is N#CC1CNCC1NC(=O)c1cccc(-n2nccc2-c2ccccc2)c1. The highest BCUT2D eigenvalue weighted by atomic mass is 16.1. The molecule has 1 amide bonds. The number of nitriles is 1. The molecule has 2 atom stereocenters. The number of carbonyl (C=O) groups is 1. The van der Waals surface area contributed by atoms with Gasteiger partial charge in [-0.1, -0.05) is 36.4 Å². The number of hydrogen-bond acceptors (Lipinski definition) is 4. The Balaban J connectivity index is 1.60. The summed E-state index contributed by atoms with van der Waals surface area (Å²) >= 11 is 0. The predicted molar refractivity (Wildman–Crippen MR) is 102 cm³/mol. The highest BCUT2D eigenvalue weighted by Crippen LogP contribution is 2.22. The third kappa shape index (κ3) is 3.46. The summed E-state index contributed by atoms with van der Waals surface area (Å²) in [6.07, 6.45) is 1.75. The molecule has 4 rings (SSSR count). The van der Waals surface area contributed by atoms with E-state index in [2.05, 4.69) is 21.8 Å². The molecule has 27 heavy (non-hydrogen) atoms. The molecule has 0 bridgehead atoms. The average Bonchev–Trinajstić information content (AvgIpc) is 3.38. The Morgan fingerprint density at radius 1 is 1.15 bits per heavy atom. The number of rotatable bonds is 4. The van der Waals surface area contributed by atoms with Crippen LogP contribution in [0.1, 0.15) is 10.4 Å². The Morgan fingerprint density at radius 3 is 2.81 bits per heavy atom. The van der Waals surface area contributed by atoms with Gasteiger partial charge in [0.2, 0.25) is 0 Å². The van der Waals surface area contributed by atoms with Crippen molar-refractivity contribution in [3.63, 3.8) is 0 Å². The lowest BCUT2D eigenvalue weighted by Gasteiger charge is -2.15. The van der Waals surface area contributed by atoms with E-state index < -0.39 is 0 Å². The summed E-state index contributed by atoms with van der Waals surface area (Å²) in [5.74, 6) is -0.382. The van der Waals surface area contributed by atoms with Crippen LogP contribution < -0.4 is 10.6 Å². The fourth-order valence-electron chi connectivity index (χ4n) is 3.33. The highest BCUT2D eigenvalue weighted by molar-refractivity contribution is 5.95. The Labute approximate surface area is 157 Å². The van der Waals surface area contributed by atoms with Gasteiger partial charge in [-0.3, -0.25) is 4.79 Å². The van der Waals surface area contributed by atoms with Crippen LogP contribution in [0.3, 0.4) is 0 Å². The quantitative estimate of drug-likeness (QED) is 0.751. The summed E-state index contributed by atoms with van der Waals surface area (Å²) in [5.41, 5.74) is 3.37. The zero-order chi connectivity index (χ0) is 18.6. The maximum Gasteiger partial charge on any atom is 0.251 e. The van der Waals surface area contributed by atoms with Crippen LogP contribution in [0, 0.1) is 17.2 Å². The molecule has 1 aliphatic heterocycles. The third-order valence-corrected chi connectivity index (χ3v) is 4.76. The van der Waals surface area contributed by atoms with E-state index in [4.69, 9.17) is 0 Å². The van der Waals surface area contributed by atoms with Crippen molar-refractivity contribution in [2.75, 3.05) is 13.1 Å². The number of hydrogen-bond donors (Lipinski definition) is 2. The molecule has 1 fully saturated rings. The molecule has 3 aromatic rings. The van der Waals surface area contributed by atoms with Crippen LogP contribution in [0.2, 0.25) is 0 Å². The van der Waals surface area contributed by atoms with Gasteiger partial charge < -0.3 is 10.6 Å². The zero-order valence-corrected chi connectivity index (χ0v) is 14.7. The van der Waals surface area contributed by atoms with Crippen LogP contribution in [0.15, 0.2) is 66.9 Å². The van der Waals surface area contributed by atoms with Gasteiger partial charge >= 0.3 is 0 Å². The number of amides is 1.